The lowest BCUT2D eigenvalue weighted by molar-refractivity contribution is 0.304. The van der Waals surface area contributed by atoms with Crippen LogP contribution in [0.15, 0.2) is 36.4 Å². The van der Waals surface area contributed by atoms with Crippen molar-refractivity contribution in [3.8, 4) is 5.75 Å². The number of nitrogens with one attached hydrogen (secondary N) is 1. The van der Waals surface area contributed by atoms with Gasteiger partial charge in [-0.25, -0.2) is 0 Å². The molecule has 0 fully saturated rings. The fourth-order valence-corrected chi connectivity index (χ4v) is 3.28. The van der Waals surface area contributed by atoms with Gasteiger partial charge in [-0.1, -0.05) is 82.9 Å². The maximum Gasteiger partial charge on any atom is 0.121 e. The van der Waals surface area contributed by atoms with Crippen LogP contribution in [-0.4, -0.2) is 13.7 Å². The van der Waals surface area contributed by atoms with Crippen LogP contribution in [-0.2, 0) is 0 Å². The molecule has 0 saturated heterocycles. The Bertz CT molecular complexity index is 469. The van der Waals surface area contributed by atoms with E-state index in [2.05, 4.69) is 36.5 Å². The number of rotatable bonds is 18. The van der Waals surface area contributed by atoms with Crippen LogP contribution >= 0.6 is 0 Å². The second-order valence-corrected chi connectivity index (χ2v) is 7.56. The maximum absolute atomic E-state index is 5.82. The SMILES string of the molecule is CCCCCCCCC=CCCCCCCCCOc1cccc(NC)c1. The van der Waals surface area contributed by atoms with Gasteiger partial charge in [0.15, 0.2) is 0 Å². The van der Waals surface area contributed by atoms with Gasteiger partial charge in [0.2, 0.25) is 0 Å². The normalized spacial score (nSPS) is 11.2. The molecule has 1 rings (SSSR count). The molecule has 0 saturated carbocycles. The smallest absolute Gasteiger partial charge is 0.121 e. The lowest BCUT2D eigenvalue weighted by atomic mass is 10.1. The Hall–Kier alpha value is -1.44. The summed E-state index contributed by atoms with van der Waals surface area (Å²) >= 11 is 0. The summed E-state index contributed by atoms with van der Waals surface area (Å²) in [6.07, 6.45) is 23.6. The number of hydrogen-bond acceptors (Lipinski definition) is 2. The molecule has 1 aromatic rings. The molecule has 2 heteroatoms. The number of unbranched alkanes of at least 4 members (excludes halogenated alkanes) is 12. The van der Waals surface area contributed by atoms with E-state index in [0.29, 0.717) is 0 Å². The van der Waals surface area contributed by atoms with Gasteiger partial charge in [-0.05, 0) is 44.2 Å². The Morgan fingerprint density at radius 2 is 1.37 bits per heavy atom. The van der Waals surface area contributed by atoms with Crippen LogP contribution in [0.1, 0.15) is 96.8 Å². The predicted octanol–water partition coefficient (Wildman–Crippen LogP) is 8.14. The molecule has 0 atom stereocenters. The summed E-state index contributed by atoms with van der Waals surface area (Å²) in [4.78, 5) is 0. The molecule has 0 aliphatic carbocycles. The van der Waals surface area contributed by atoms with Crippen molar-refractivity contribution in [1.82, 2.24) is 0 Å². The minimum Gasteiger partial charge on any atom is -0.494 e. The van der Waals surface area contributed by atoms with Crippen LogP contribution in [0.3, 0.4) is 0 Å². The summed E-state index contributed by atoms with van der Waals surface area (Å²) in [7, 11) is 1.94. The van der Waals surface area contributed by atoms with E-state index in [-0.39, 0.29) is 0 Å². The minimum absolute atomic E-state index is 0.828. The molecule has 0 spiro atoms. The lowest BCUT2D eigenvalue weighted by Crippen LogP contribution is -1.98. The van der Waals surface area contributed by atoms with Crippen molar-refractivity contribution in [2.45, 2.75) is 96.8 Å². The van der Waals surface area contributed by atoms with Gasteiger partial charge in [-0.15, -0.1) is 0 Å². The van der Waals surface area contributed by atoms with Crippen LogP contribution in [0.25, 0.3) is 0 Å². The molecule has 1 aromatic carbocycles. The average Bonchev–Trinajstić information content (AvgIpc) is 2.70. The van der Waals surface area contributed by atoms with E-state index in [0.717, 1.165) is 24.5 Å². The Balaban J connectivity index is 1.81. The molecule has 0 bridgehead atoms. The van der Waals surface area contributed by atoms with Crippen LogP contribution in [0.5, 0.6) is 5.75 Å². The third-order valence-corrected chi connectivity index (χ3v) is 5.05. The van der Waals surface area contributed by atoms with E-state index in [4.69, 9.17) is 4.74 Å². The molecular weight excluding hydrogens is 330 g/mol. The summed E-state index contributed by atoms with van der Waals surface area (Å²) in [6, 6.07) is 8.17. The first-order valence-corrected chi connectivity index (χ1v) is 11.4. The highest BCUT2D eigenvalue weighted by Gasteiger charge is 1.96. The van der Waals surface area contributed by atoms with Crippen molar-refractivity contribution in [1.29, 1.82) is 0 Å². The van der Waals surface area contributed by atoms with Gasteiger partial charge in [0, 0.05) is 18.8 Å². The van der Waals surface area contributed by atoms with Crippen molar-refractivity contribution >= 4 is 5.69 Å². The molecular formula is C25H43NO. The zero-order chi connectivity index (χ0) is 19.4. The zero-order valence-corrected chi connectivity index (χ0v) is 18.0. The standard InChI is InChI=1S/C25H43NO/c1-3-4-5-6-7-8-9-10-11-12-13-14-15-16-17-18-22-27-25-21-19-20-24(23-25)26-2/h10-11,19-21,23,26H,3-9,12-18,22H2,1-2H3. The highest BCUT2D eigenvalue weighted by atomic mass is 16.5. The number of ether oxygens (including phenoxy) is 1. The van der Waals surface area contributed by atoms with Gasteiger partial charge in [0.05, 0.1) is 6.61 Å². The molecule has 0 aliphatic rings. The Kier molecular flexibility index (Phi) is 15.7. The topological polar surface area (TPSA) is 21.3 Å². The average molecular weight is 374 g/mol. The van der Waals surface area contributed by atoms with E-state index in [1.807, 2.05) is 19.2 Å². The van der Waals surface area contributed by atoms with Gasteiger partial charge in [-0.2, -0.15) is 0 Å². The number of anilines is 1. The molecule has 154 valence electrons. The van der Waals surface area contributed by atoms with Crippen LogP contribution in [0.4, 0.5) is 5.69 Å². The van der Waals surface area contributed by atoms with Crippen molar-refractivity contribution in [2.24, 2.45) is 0 Å². The van der Waals surface area contributed by atoms with E-state index in [1.54, 1.807) is 0 Å². The second-order valence-electron chi connectivity index (χ2n) is 7.56. The Morgan fingerprint density at radius 3 is 2.00 bits per heavy atom. The monoisotopic (exact) mass is 373 g/mol. The molecule has 0 radical (unpaired) electrons. The van der Waals surface area contributed by atoms with Crippen molar-refractivity contribution in [2.75, 3.05) is 19.0 Å². The molecule has 0 amide bonds. The third-order valence-electron chi connectivity index (χ3n) is 5.05. The van der Waals surface area contributed by atoms with Crippen molar-refractivity contribution < 1.29 is 4.74 Å². The minimum atomic E-state index is 0.828. The zero-order valence-electron chi connectivity index (χ0n) is 18.0. The van der Waals surface area contributed by atoms with Gasteiger partial charge in [-0.3, -0.25) is 0 Å². The first kappa shape index (κ1) is 23.6. The Morgan fingerprint density at radius 1 is 0.778 bits per heavy atom. The van der Waals surface area contributed by atoms with E-state index >= 15 is 0 Å². The predicted molar refractivity (Wildman–Crippen MR) is 121 cm³/mol. The highest BCUT2D eigenvalue weighted by Crippen LogP contribution is 2.17. The molecule has 1 N–H and O–H groups in total. The second kappa shape index (κ2) is 17.9. The lowest BCUT2D eigenvalue weighted by Gasteiger charge is -2.07. The summed E-state index contributed by atoms with van der Waals surface area (Å²) in [5, 5.41) is 3.14. The van der Waals surface area contributed by atoms with Crippen LogP contribution < -0.4 is 10.1 Å². The van der Waals surface area contributed by atoms with Gasteiger partial charge >= 0.3 is 0 Å². The fraction of sp³-hybridized carbons (Fsp3) is 0.680. The highest BCUT2D eigenvalue weighted by molar-refractivity contribution is 5.47. The molecule has 27 heavy (non-hydrogen) atoms. The summed E-state index contributed by atoms with van der Waals surface area (Å²) in [5.74, 6) is 0.967. The molecule has 0 aromatic heterocycles. The summed E-state index contributed by atoms with van der Waals surface area (Å²) < 4.78 is 5.82. The van der Waals surface area contributed by atoms with Crippen LogP contribution in [0.2, 0.25) is 0 Å². The largest absolute Gasteiger partial charge is 0.494 e. The van der Waals surface area contributed by atoms with Crippen molar-refractivity contribution in [3.05, 3.63) is 36.4 Å². The maximum atomic E-state index is 5.82. The van der Waals surface area contributed by atoms with Gasteiger partial charge < -0.3 is 10.1 Å². The number of benzene rings is 1. The van der Waals surface area contributed by atoms with E-state index in [9.17, 15) is 0 Å². The molecule has 0 unspecified atom stereocenters. The molecule has 2 nitrogen and oxygen atoms in total. The Labute approximate surface area is 168 Å². The fourth-order valence-electron chi connectivity index (χ4n) is 3.28. The summed E-state index contributed by atoms with van der Waals surface area (Å²) in [6.45, 7) is 3.11. The van der Waals surface area contributed by atoms with Crippen LogP contribution in [0, 0.1) is 0 Å². The first-order chi connectivity index (χ1) is 13.4. The van der Waals surface area contributed by atoms with Gasteiger partial charge in [0.25, 0.3) is 0 Å². The molecule has 0 heterocycles. The van der Waals surface area contributed by atoms with Gasteiger partial charge in [0.1, 0.15) is 5.75 Å². The van der Waals surface area contributed by atoms with Crippen molar-refractivity contribution in [3.63, 3.8) is 0 Å². The number of hydrogen-bond donors (Lipinski definition) is 1. The quantitative estimate of drug-likeness (QED) is 0.207. The molecule has 0 aliphatic heterocycles. The third kappa shape index (κ3) is 14.3. The first-order valence-electron chi connectivity index (χ1n) is 11.4. The van der Waals surface area contributed by atoms with E-state index in [1.165, 1.54) is 83.5 Å². The van der Waals surface area contributed by atoms with E-state index < -0.39 is 0 Å². The number of allylic oxidation sites excluding steroid dienone is 2. The summed E-state index contributed by atoms with van der Waals surface area (Å²) in [5.41, 5.74) is 1.11.